The lowest BCUT2D eigenvalue weighted by molar-refractivity contribution is 0.0206. The van der Waals surface area contributed by atoms with E-state index in [1.165, 1.54) is 6.07 Å². The fourth-order valence-corrected chi connectivity index (χ4v) is 1.34. The Kier molecular flexibility index (Phi) is 5.88. The van der Waals surface area contributed by atoms with Crippen LogP contribution in [0.3, 0.4) is 0 Å². The summed E-state index contributed by atoms with van der Waals surface area (Å²) in [6.07, 6.45) is 0.0771. The molecule has 100 valence electrons. The second kappa shape index (κ2) is 7.18. The molecule has 3 nitrogen and oxygen atoms in total. The van der Waals surface area contributed by atoms with Crippen molar-refractivity contribution in [2.45, 2.75) is 20.0 Å². The van der Waals surface area contributed by atoms with E-state index in [1.54, 1.807) is 0 Å². The Morgan fingerprint density at radius 2 is 1.83 bits per heavy atom. The molecule has 0 aliphatic heterocycles. The molecule has 0 unspecified atom stereocenters. The third kappa shape index (κ3) is 4.50. The lowest BCUT2D eigenvalue weighted by atomic mass is 10.1. The lowest BCUT2D eigenvalue weighted by Gasteiger charge is -2.08. The number of rotatable bonds is 7. The van der Waals surface area contributed by atoms with Gasteiger partial charge in [0, 0.05) is 0 Å². The van der Waals surface area contributed by atoms with E-state index in [1.807, 2.05) is 13.8 Å². The maximum absolute atomic E-state index is 13.2. The summed E-state index contributed by atoms with van der Waals surface area (Å²) in [5.74, 6) is -2.46. The van der Waals surface area contributed by atoms with Crippen LogP contribution in [-0.4, -0.2) is 31.7 Å². The Morgan fingerprint density at radius 1 is 1.22 bits per heavy atom. The van der Waals surface area contributed by atoms with Crippen LogP contribution in [0.1, 0.15) is 24.2 Å². The van der Waals surface area contributed by atoms with Crippen LogP contribution in [0.4, 0.5) is 8.78 Å². The lowest BCUT2D eigenvalue weighted by Crippen LogP contribution is -2.16. The van der Waals surface area contributed by atoms with Crippen molar-refractivity contribution in [2.75, 3.05) is 19.8 Å². The zero-order valence-corrected chi connectivity index (χ0v) is 10.4. The van der Waals surface area contributed by atoms with Gasteiger partial charge < -0.3 is 9.47 Å². The largest absolute Gasteiger partial charge is 0.376 e. The van der Waals surface area contributed by atoms with E-state index in [2.05, 4.69) is 0 Å². The van der Waals surface area contributed by atoms with E-state index in [4.69, 9.17) is 9.47 Å². The smallest absolute Gasteiger partial charge is 0.194 e. The minimum absolute atomic E-state index is 0.0771. The predicted molar refractivity (Wildman–Crippen MR) is 62.6 cm³/mol. The Morgan fingerprint density at radius 3 is 2.39 bits per heavy atom. The molecule has 0 saturated carbocycles. The second-order valence-electron chi connectivity index (χ2n) is 3.99. The molecule has 0 atom stereocenters. The van der Waals surface area contributed by atoms with Gasteiger partial charge in [-0.1, -0.05) is 6.07 Å². The summed E-state index contributed by atoms with van der Waals surface area (Å²) in [5, 5.41) is 0. The van der Waals surface area contributed by atoms with Gasteiger partial charge in [0.2, 0.25) is 0 Å². The fraction of sp³-hybridized carbons (Fsp3) is 0.462. The average molecular weight is 258 g/mol. The first kappa shape index (κ1) is 14.7. The molecule has 0 bridgehead atoms. The van der Waals surface area contributed by atoms with Crippen molar-refractivity contribution in [1.29, 1.82) is 0 Å². The Bertz CT molecular complexity index is 385. The van der Waals surface area contributed by atoms with Gasteiger partial charge in [0.05, 0.1) is 24.9 Å². The van der Waals surface area contributed by atoms with E-state index in [0.717, 1.165) is 12.1 Å². The van der Waals surface area contributed by atoms with Gasteiger partial charge in [0.25, 0.3) is 0 Å². The first-order valence-corrected chi connectivity index (χ1v) is 5.69. The first-order chi connectivity index (χ1) is 8.52. The molecule has 0 aromatic heterocycles. The van der Waals surface area contributed by atoms with Crippen molar-refractivity contribution in [3.63, 3.8) is 0 Å². The number of benzene rings is 1. The van der Waals surface area contributed by atoms with Crippen LogP contribution in [0.2, 0.25) is 0 Å². The van der Waals surface area contributed by atoms with Crippen LogP contribution in [0, 0.1) is 11.6 Å². The van der Waals surface area contributed by atoms with Gasteiger partial charge in [0.1, 0.15) is 18.2 Å². The van der Waals surface area contributed by atoms with Gasteiger partial charge >= 0.3 is 0 Å². The highest BCUT2D eigenvalue weighted by molar-refractivity contribution is 5.97. The van der Waals surface area contributed by atoms with Crippen molar-refractivity contribution in [2.24, 2.45) is 0 Å². The standard InChI is InChI=1S/C13H16F2O3/c1-9(2)18-7-6-17-8-12(16)13-10(14)4-3-5-11(13)15/h3-5,9H,6-8H2,1-2H3. The van der Waals surface area contributed by atoms with Crippen LogP contribution in [0.25, 0.3) is 0 Å². The van der Waals surface area contributed by atoms with Crippen molar-refractivity contribution >= 4 is 5.78 Å². The molecule has 0 aliphatic rings. The Labute approximate surface area is 105 Å². The summed E-state index contributed by atoms with van der Waals surface area (Å²) in [5.41, 5.74) is -0.553. The first-order valence-electron chi connectivity index (χ1n) is 5.69. The van der Waals surface area contributed by atoms with E-state index < -0.39 is 23.0 Å². The van der Waals surface area contributed by atoms with Crippen LogP contribution in [0.5, 0.6) is 0 Å². The number of hydrogen-bond acceptors (Lipinski definition) is 3. The monoisotopic (exact) mass is 258 g/mol. The molecule has 5 heteroatoms. The van der Waals surface area contributed by atoms with E-state index in [9.17, 15) is 13.6 Å². The number of ether oxygens (including phenoxy) is 2. The number of ketones is 1. The van der Waals surface area contributed by atoms with Gasteiger partial charge in [-0.25, -0.2) is 8.78 Å². The molecule has 1 rings (SSSR count). The summed E-state index contributed by atoms with van der Waals surface area (Å²) in [4.78, 5) is 11.5. The van der Waals surface area contributed by atoms with Crippen molar-refractivity contribution < 1.29 is 23.0 Å². The fourth-order valence-electron chi connectivity index (χ4n) is 1.34. The maximum atomic E-state index is 13.2. The van der Waals surface area contributed by atoms with E-state index in [-0.39, 0.29) is 19.3 Å². The molecular formula is C13H16F2O3. The van der Waals surface area contributed by atoms with Crippen LogP contribution in [-0.2, 0) is 9.47 Å². The van der Waals surface area contributed by atoms with Crippen LogP contribution >= 0.6 is 0 Å². The van der Waals surface area contributed by atoms with E-state index >= 15 is 0 Å². The number of Topliss-reactive ketones (excluding diaryl/α,β-unsaturated/α-hetero) is 1. The third-order valence-corrected chi connectivity index (χ3v) is 2.15. The number of hydrogen-bond donors (Lipinski definition) is 0. The van der Waals surface area contributed by atoms with Crippen molar-refractivity contribution in [3.05, 3.63) is 35.4 Å². The summed E-state index contributed by atoms with van der Waals surface area (Å²) < 4.78 is 36.7. The molecule has 1 aromatic rings. The summed E-state index contributed by atoms with van der Waals surface area (Å²) in [7, 11) is 0. The number of carbonyl (C=O) groups is 1. The molecule has 18 heavy (non-hydrogen) atoms. The summed E-state index contributed by atoms with van der Waals surface area (Å²) in [6.45, 7) is 3.93. The second-order valence-corrected chi connectivity index (χ2v) is 3.99. The third-order valence-electron chi connectivity index (χ3n) is 2.15. The van der Waals surface area contributed by atoms with Crippen molar-refractivity contribution in [3.8, 4) is 0 Å². The highest BCUT2D eigenvalue weighted by Gasteiger charge is 2.16. The van der Waals surface area contributed by atoms with Gasteiger partial charge in [-0.2, -0.15) is 0 Å². The molecule has 0 radical (unpaired) electrons. The van der Waals surface area contributed by atoms with Gasteiger partial charge in [-0.05, 0) is 26.0 Å². The highest BCUT2D eigenvalue weighted by atomic mass is 19.1. The normalized spacial score (nSPS) is 10.9. The summed E-state index contributed by atoms with van der Waals surface area (Å²) in [6, 6.07) is 3.29. The molecule has 0 N–H and O–H groups in total. The molecule has 0 saturated heterocycles. The molecular weight excluding hydrogens is 242 g/mol. The molecule has 0 aliphatic carbocycles. The predicted octanol–water partition coefficient (Wildman–Crippen LogP) is 2.59. The Balaban J connectivity index is 2.41. The molecule has 0 heterocycles. The molecule has 0 spiro atoms. The number of carbonyl (C=O) groups excluding carboxylic acids is 1. The zero-order chi connectivity index (χ0) is 13.5. The maximum Gasteiger partial charge on any atom is 0.194 e. The number of halogens is 2. The Hall–Kier alpha value is -1.33. The quantitative estimate of drug-likeness (QED) is 0.557. The molecule has 0 amide bonds. The van der Waals surface area contributed by atoms with Gasteiger partial charge in [-0.15, -0.1) is 0 Å². The average Bonchev–Trinajstić information content (AvgIpc) is 2.27. The summed E-state index contributed by atoms with van der Waals surface area (Å²) >= 11 is 0. The zero-order valence-electron chi connectivity index (χ0n) is 10.4. The molecule has 0 fully saturated rings. The van der Waals surface area contributed by atoms with Crippen LogP contribution in [0.15, 0.2) is 18.2 Å². The highest BCUT2D eigenvalue weighted by Crippen LogP contribution is 2.12. The SMILES string of the molecule is CC(C)OCCOCC(=O)c1c(F)cccc1F. The van der Waals surface area contributed by atoms with Crippen molar-refractivity contribution in [1.82, 2.24) is 0 Å². The molecule has 1 aromatic carbocycles. The topological polar surface area (TPSA) is 35.5 Å². The minimum atomic E-state index is -0.873. The van der Waals surface area contributed by atoms with Gasteiger partial charge in [-0.3, -0.25) is 4.79 Å². The van der Waals surface area contributed by atoms with Crippen LogP contribution < -0.4 is 0 Å². The van der Waals surface area contributed by atoms with Gasteiger partial charge in [0.15, 0.2) is 5.78 Å². The van der Waals surface area contributed by atoms with E-state index in [0.29, 0.717) is 6.61 Å². The minimum Gasteiger partial charge on any atom is -0.376 e.